The van der Waals surface area contributed by atoms with Crippen molar-refractivity contribution in [3.8, 4) is 0 Å². The SMILES string of the molecule is Cc1cc(S(=O)(=O)NCCc2cn(CC(C)C)c3ncccc23)ccc1F. The predicted octanol–water partition coefficient (Wildman–Crippen LogP) is 3.66. The highest BCUT2D eigenvalue weighted by molar-refractivity contribution is 7.89. The fourth-order valence-electron chi connectivity index (χ4n) is 3.11. The first-order valence-electron chi connectivity index (χ1n) is 8.96. The third kappa shape index (κ3) is 4.36. The molecular weight excluding hydrogens is 365 g/mol. The summed E-state index contributed by atoms with van der Waals surface area (Å²) >= 11 is 0. The monoisotopic (exact) mass is 389 g/mol. The van der Waals surface area contributed by atoms with Gasteiger partial charge in [-0.15, -0.1) is 0 Å². The fraction of sp³-hybridized carbons (Fsp3) is 0.350. The largest absolute Gasteiger partial charge is 0.332 e. The molecule has 0 fully saturated rings. The Kier molecular flexibility index (Phi) is 5.62. The van der Waals surface area contributed by atoms with Crippen molar-refractivity contribution in [1.82, 2.24) is 14.3 Å². The first kappa shape index (κ1) is 19.5. The number of hydrogen-bond acceptors (Lipinski definition) is 3. The Labute approximate surface area is 159 Å². The van der Waals surface area contributed by atoms with Crippen LogP contribution in [-0.2, 0) is 23.0 Å². The summed E-state index contributed by atoms with van der Waals surface area (Å²) in [5.41, 5.74) is 2.27. The van der Waals surface area contributed by atoms with Crippen molar-refractivity contribution in [2.45, 2.75) is 38.6 Å². The van der Waals surface area contributed by atoms with E-state index in [2.05, 4.69) is 28.1 Å². The first-order valence-corrected chi connectivity index (χ1v) is 10.4. The van der Waals surface area contributed by atoms with Gasteiger partial charge in [-0.3, -0.25) is 0 Å². The van der Waals surface area contributed by atoms with Crippen molar-refractivity contribution >= 4 is 21.1 Å². The van der Waals surface area contributed by atoms with Gasteiger partial charge in [-0.1, -0.05) is 13.8 Å². The lowest BCUT2D eigenvalue weighted by Crippen LogP contribution is -2.26. The zero-order valence-electron chi connectivity index (χ0n) is 15.7. The molecule has 1 aromatic carbocycles. The molecule has 144 valence electrons. The standard InChI is InChI=1S/C20H24FN3O2S/c1-14(2)12-24-13-16(18-5-4-9-22-20(18)24)8-10-23-27(25,26)17-6-7-19(21)15(3)11-17/h4-7,9,11,13-14,23H,8,10,12H2,1-3H3. The van der Waals surface area contributed by atoms with E-state index in [-0.39, 0.29) is 11.4 Å². The van der Waals surface area contributed by atoms with E-state index in [0.717, 1.165) is 23.1 Å². The molecule has 0 bridgehead atoms. The van der Waals surface area contributed by atoms with Crippen LogP contribution in [-0.4, -0.2) is 24.5 Å². The number of nitrogens with zero attached hydrogens (tertiary/aromatic N) is 2. The summed E-state index contributed by atoms with van der Waals surface area (Å²) in [5, 5.41) is 1.04. The molecule has 0 aliphatic carbocycles. The topological polar surface area (TPSA) is 64.0 Å². The highest BCUT2D eigenvalue weighted by atomic mass is 32.2. The Morgan fingerprint density at radius 1 is 1.26 bits per heavy atom. The number of rotatable bonds is 7. The van der Waals surface area contributed by atoms with Gasteiger partial charge in [0.15, 0.2) is 0 Å². The molecule has 0 aliphatic rings. The van der Waals surface area contributed by atoms with E-state index in [9.17, 15) is 12.8 Å². The Balaban J connectivity index is 1.76. The third-order valence-electron chi connectivity index (χ3n) is 4.40. The van der Waals surface area contributed by atoms with Gasteiger partial charge in [-0.25, -0.2) is 22.5 Å². The number of halogens is 1. The first-order chi connectivity index (χ1) is 12.8. The third-order valence-corrected chi connectivity index (χ3v) is 5.86. The second-order valence-electron chi connectivity index (χ2n) is 7.13. The highest BCUT2D eigenvalue weighted by Crippen LogP contribution is 2.21. The van der Waals surface area contributed by atoms with Crippen molar-refractivity contribution in [2.75, 3.05) is 6.54 Å². The molecule has 5 nitrogen and oxygen atoms in total. The van der Waals surface area contributed by atoms with Crippen LogP contribution in [0, 0.1) is 18.7 Å². The molecule has 0 radical (unpaired) electrons. The normalized spacial score (nSPS) is 12.2. The number of fused-ring (bicyclic) bond motifs is 1. The van der Waals surface area contributed by atoms with Crippen LogP contribution in [0.15, 0.2) is 47.6 Å². The van der Waals surface area contributed by atoms with Gasteiger partial charge < -0.3 is 4.57 Å². The molecular formula is C20H24FN3O2S. The maximum Gasteiger partial charge on any atom is 0.240 e. The minimum atomic E-state index is -3.67. The average Bonchev–Trinajstić information content (AvgIpc) is 2.94. The number of sulfonamides is 1. The van der Waals surface area contributed by atoms with Crippen LogP contribution in [0.4, 0.5) is 4.39 Å². The second-order valence-corrected chi connectivity index (χ2v) is 8.90. The van der Waals surface area contributed by atoms with Gasteiger partial charge in [0.05, 0.1) is 4.90 Å². The second kappa shape index (κ2) is 7.78. The van der Waals surface area contributed by atoms with Crippen molar-refractivity contribution in [2.24, 2.45) is 5.92 Å². The number of benzene rings is 1. The van der Waals surface area contributed by atoms with Crippen LogP contribution in [0.5, 0.6) is 0 Å². The maximum absolute atomic E-state index is 13.4. The molecule has 0 unspecified atom stereocenters. The average molecular weight is 389 g/mol. The van der Waals surface area contributed by atoms with Gasteiger partial charge in [-0.2, -0.15) is 0 Å². The van der Waals surface area contributed by atoms with Gasteiger partial charge >= 0.3 is 0 Å². The lowest BCUT2D eigenvalue weighted by Gasteiger charge is -2.08. The summed E-state index contributed by atoms with van der Waals surface area (Å²) in [6, 6.07) is 7.69. The molecule has 1 N–H and O–H groups in total. The highest BCUT2D eigenvalue weighted by Gasteiger charge is 2.16. The number of nitrogens with one attached hydrogen (secondary N) is 1. The summed E-state index contributed by atoms with van der Waals surface area (Å²) in [5.74, 6) is 0.0649. The van der Waals surface area contributed by atoms with Crippen LogP contribution in [0.1, 0.15) is 25.0 Å². The Morgan fingerprint density at radius 2 is 2.04 bits per heavy atom. The lowest BCUT2D eigenvalue weighted by molar-refractivity contribution is 0.532. The van der Waals surface area contributed by atoms with Crippen molar-refractivity contribution < 1.29 is 12.8 Å². The van der Waals surface area contributed by atoms with E-state index in [1.54, 1.807) is 13.1 Å². The molecule has 0 atom stereocenters. The molecule has 7 heteroatoms. The molecule has 2 heterocycles. The molecule has 3 rings (SSSR count). The summed E-state index contributed by atoms with van der Waals surface area (Å²) in [6.07, 6.45) is 4.36. The van der Waals surface area contributed by atoms with E-state index in [4.69, 9.17) is 0 Å². The minimum absolute atomic E-state index is 0.0744. The van der Waals surface area contributed by atoms with E-state index in [1.165, 1.54) is 18.2 Å². The molecule has 2 aromatic heterocycles. The van der Waals surface area contributed by atoms with Gasteiger partial charge in [0.1, 0.15) is 11.5 Å². The predicted molar refractivity (Wildman–Crippen MR) is 105 cm³/mol. The molecule has 0 amide bonds. The van der Waals surface area contributed by atoms with Gasteiger partial charge in [0, 0.05) is 30.9 Å². The number of aromatic nitrogens is 2. The Hall–Kier alpha value is -2.25. The number of aryl methyl sites for hydroxylation is 1. The van der Waals surface area contributed by atoms with E-state index >= 15 is 0 Å². The lowest BCUT2D eigenvalue weighted by atomic mass is 10.2. The molecule has 27 heavy (non-hydrogen) atoms. The number of hydrogen-bond donors (Lipinski definition) is 1. The summed E-state index contributed by atoms with van der Waals surface area (Å²) in [7, 11) is -3.67. The molecule has 0 saturated carbocycles. The van der Waals surface area contributed by atoms with E-state index < -0.39 is 15.8 Å². The van der Waals surface area contributed by atoms with E-state index in [0.29, 0.717) is 17.9 Å². The van der Waals surface area contributed by atoms with Crippen LogP contribution in [0.25, 0.3) is 11.0 Å². The summed E-state index contributed by atoms with van der Waals surface area (Å²) in [4.78, 5) is 4.54. The molecule has 0 aliphatic heterocycles. The molecule has 0 saturated heterocycles. The van der Waals surface area contributed by atoms with Crippen molar-refractivity contribution in [3.05, 3.63) is 59.7 Å². The molecule has 0 spiro atoms. The van der Waals surface area contributed by atoms with Crippen LogP contribution >= 0.6 is 0 Å². The number of pyridine rings is 1. The summed E-state index contributed by atoms with van der Waals surface area (Å²) in [6.45, 7) is 6.95. The van der Waals surface area contributed by atoms with Crippen molar-refractivity contribution in [1.29, 1.82) is 0 Å². The van der Waals surface area contributed by atoms with Gasteiger partial charge in [0.25, 0.3) is 0 Å². The fourth-order valence-corrected chi connectivity index (χ4v) is 4.23. The molecule has 3 aromatic rings. The summed E-state index contributed by atoms with van der Waals surface area (Å²) < 4.78 is 43.0. The zero-order chi connectivity index (χ0) is 19.6. The maximum atomic E-state index is 13.4. The van der Waals surface area contributed by atoms with E-state index in [1.807, 2.05) is 18.3 Å². The quantitative estimate of drug-likeness (QED) is 0.671. The van der Waals surface area contributed by atoms with Crippen LogP contribution in [0.3, 0.4) is 0 Å². The minimum Gasteiger partial charge on any atom is -0.332 e. The Morgan fingerprint density at radius 3 is 2.74 bits per heavy atom. The van der Waals surface area contributed by atoms with Gasteiger partial charge in [0.2, 0.25) is 10.0 Å². The smallest absolute Gasteiger partial charge is 0.240 e. The zero-order valence-corrected chi connectivity index (χ0v) is 16.6. The van der Waals surface area contributed by atoms with Crippen molar-refractivity contribution in [3.63, 3.8) is 0 Å². The van der Waals surface area contributed by atoms with Gasteiger partial charge in [-0.05, 0) is 60.7 Å². The Bertz CT molecular complexity index is 1060. The van der Waals surface area contributed by atoms with Crippen LogP contribution < -0.4 is 4.72 Å². The van der Waals surface area contributed by atoms with Crippen LogP contribution in [0.2, 0.25) is 0 Å².